The Bertz CT molecular complexity index is 937. The van der Waals surface area contributed by atoms with E-state index in [0.717, 1.165) is 18.5 Å². The monoisotopic (exact) mass is 312 g/mol. The minimum absolute atomic E-state index is 0.0151. The highest BCUT2D eigenvalue weighted by Crippen LogP contribution is 2.23. The average molecular weight is 312 g/mol. The number of amides is 1. The first-order valence-corrected chi connectivity index (χ1v) is 7.59. The first-order valence-electron chi connectivity index (χ1n) is 7.59. The van der Waals surface area contributed by atoms with Crippen LogP contribution < -0.4 is 10.9 Å². The van der Waals surface area contributed by atoms with Crippen LogP contribution in [0.3, 0.4) is 0 Å². The highest BCUT2D eigenvalue weighted by atomic mass is 16.3. The molecule has 7 nitrogen and oxygen atoms in total. The summed E-state index contributed by atoms with van der Waals surface area (Å²) in [5, 5.41) is 4.00. The van der Waals surface area contributed by atoms with Crippen molar-refractivity contribution in [3.8, 4) is 0 Å². The molecule has 0 bridgehead atoms. The Hall–Kier alpha value is -2.67. The molecule has 0 unspecified atom stereocenters. The largest absolute Gasteiger partial charge is 0.448 e. The van der Waals surface area contributed by atoms with Crippen molar-refractivity contribution >= 4 is 28.0 Å². The maximum absolute atomic E-state index is 12.6. The highest BCUT2D eigenvalue weighted by Gasteiger charge is 2.19. The van der Waals surface area contributed by atoms with Crippen molar-refractivity contribution in [2.24, 2.45) is 0 Å². The van der Waals surface area contributed by atoms with E-state index < -0.39 is 0 Å². The summed E-state index contributed by atoms with van der Waals surface area (Å²) in [4.78, 5) is 30.9. The van der Waals surface area contributed by atoms with Crippen LogP contribution in [0.4, 0.5) is 0 Å². The lowest BCUT2D eigenvalue weighted by atomic mass is 10.2. The summed E-state index contributed by atoms with van der Waals surface area (Å²) in [5.41, 5.74) is 1.03. The van der Waals surface area contributed by atoms with Gasteiger partial charge in [0.25, 0.3) is 5.56 Å². The standard InChI is InChI=1S/C16H16N4O3/c21-13(19-7-5-17-6-8-19)9-20-10-18-14-11-3-1-2-4-12(11)23-15(14)16(20)22/h1-4,10,17H,5-9H2. The zero-order valence-electron chi connectivity index (χ0n) is 12.5. The first kappa shape index (κ1) is 14.0. The zero-order valence-corrected chi connectivity index (χ0v) is 12.5. The number of rotatable bonds is 2. The summed E-state index contributed by atoms with van der Waals surface area (Å²) in [6, 6.07) is 7.38. The lowest BCUT2D eigenvalue weighted by Gasteiger charge is -2.27. The Labute approximate surface area is 131 Å². The number of carbonyl (C=O) groups is 1. The van der Waals surface area contributed by atoms with Crippen LogP contribution in [-0.4, -0.2) is 46.5 Å². The van der Waals surface area contributed by atoms with Gasteiger partial charge in [0.2, 0.25) is 11.5 Å². The Balaban J connectivity index is 1.70. The second-order valence-corrected chi connectivity index (χ2v) is 5.58. The molecule has 0 spiro atoms. The van der Waals surface area contributed by atoms with Gasteiger partial charge in [-0.15, -0.1) is 0 Å². The number of nitrogens with one attached hydrogen (secondary N) is 1. The minimum atomic E-state index is -0.324. The molecule has 1 N–H and O–H groups in total. The van der Waals surface area contributed by atoms with Crippen LogP contribution in [0, 0.1) is 0 Å². The van der Waals surface area contributed by atoms with Crippen molar-refractivity contribution in [3.63, 3.8) is 0 Å². The maximum atomic E-state index is 12.6. The van der Waals surface area contributed by atoms with Crippen molar-refractivity contribution in [3.05, 3.63) is 40.9 Å². The number of hydrogen-bond donors (Lipinski definition) is 1. The van der Waals surface area contributed by atoms with Gasteiger partial charge in [0, 0.05) is 31.6 Å². The number of benzene rings is 1. The summed E-state index contributed by atoms with van der Waals surface area (Å²) >= 11 is 0. The van der Waals surface area contributed by atoms with Crippen LogP contribution in [-0.2, 0) is 11.3 Å². The summed E-state index contributed by atoms with van der Waals surface area (Å²) < 4.78 is 6.93. The quantitative estimate of drug-likeness (QED) is 0.748. The molecule has 1 fully saturated rings. The van der Waals surface area contributed by atoms with Gasteiger partial charge in [-0.05, 0) is 12.1 Å². The fraction of sp³-hybridized carbons (Fsp3) is 0.312. The van der Waals surface area contributed by atoms with Crippen LogP contribution in [0.1, 0.15) is 0 Å². The zero-order chi connectivity index (χ0) is 15.8. The number of para-hydroxylation sites is 1. The van der Waals surface area contributed by atoms with E-state index in [1.54, 1.807) is 11.0 Å². The number of piperazine rings is 1. The normalized spacial score (nSPS) is 15.4. The molecule has 1 saturated heterocycles. The predicted molar refractivity (Wildman–Crippen MR) is 85.2 cm³/mol. The van der Waals surface area contributed by atoms with Crippen LogP contribution in [0.25, 0.3) is 22.1 Å². The lowest BCUT2D eigenvalue weighted by molar-refractivity contribution is -0.132. The van der Waals surface area contributed by atoms with Crippen LogP contribution in [0.2, 0.25) is 0 Å². The molecule has 1 aromatic carbocycles. The third-order valence-corrected chi connectivity index (χ3v) is 4.13. The van der Waals surface area contributed by atoms with E-state index in [2.05, 4.69) is 10.3 Å². The van der Waals surface area contributed by atoms with E-state index in [1.165, 1.54) is 10.9 Å². The van der Waals surface area contributed by atoms with Gasteiger partial charge in [0.15, 0.2) is 0 Å². The maximum Gasteiger partial charge on any atom is 0.297 e. The van der Waals surface area contributed by atoms with Crippen LogP contribution >= 0.6 is 0 Å². The SMILES string of the molecule is O=C(Cn1cnc2c(oc3ccccc32)c1=O)N1CCNCC1. The molecule has 118 valence electrons. The molecule has 4 rings (SSSR count). The number of nitrogens with zero attached hydrogens (tertiary/aromatic N) is 3. The molecule has 2 aromatic heterocycles. The molecule has 3 aromatic rings. The molecule has 3 heterocycles. The van der Waals surface area contributed by atoms with E-state index in [0.29, 0.717) is 24.2 Å². The molecule has 1 amide bonds. The number of fused-ring (bicyclic) bond motifs is 3. The van der Waals surface area contributed by atoms with Gasteiger partial charge >= 0.3 is 0 Å². The fourth-order valence-corrected chi connectivity index (χ4v) is 2.89. The van der Waals surface area contributed by atoms with Crippen molar-refractivity contribution in [1.82, 2.24) is 19.8 Å². The van der Waals surface area contributed by atoms with E-state index in [1.807, 2.05) is 18.2 Å². The molecule has 0 aliphatic carbocycles. The summed E-state index contributed by atoms with van der Waals surface area (Å²) in [7, 11) is 0. The second kappa shape index (κ2) is 5.51. The van der Waals surface area contributed by atoms with Gasteiger partial charge in [-0.1, -0.05) is 12.1 Å². The molecule has 1 aliphatic rings. The van der Waals surface area contributed by atoms with Gasteiger partial charge < -0.3 is 14.6 Å². The fourth-order valence-electron chi connectivity index (χ4n) is 2.89. The predicted octanol–water partition coefficient (Wildman–Crippen LogP) is 0.574. The molecule has 23 heavy (non-hydrogen) atoms. The molecule has 0 saturated carbocycles. The second-order valence-electron chi connectivity index (χ2n) is 5.58. The number of aromatic nitrogens is 2. The van der Waals surface area contributed by atoms with Gasteiger partial charge in [0.1, 0.15) is 17.6 Å². The lowest BCUT2D eigenvalue weighted by Crippen LogP contribution is -2.48. The van der Waals surface area contributed by atoms with Crippen molar-refractivity contribution < 1.29 is 9.21 Å². The molecule has 0 radical (unpaired) electrons. The smallest absolute Gasteiger partial charge is 0.297 e. The third-order valence-electron chi connectivity index (χ3n) is 4.13. The number of furan rings is 1. The van der Waals surface area contributed by atoms with Gasteiger partial charge in [-0.2, -0.15) is 0 Å². The molecular formula is C16H16N4O3. The Morgan fingerprint density at radius 3 is 2.87 bits per heavy atom. The Morgan fingerprint density at radius 1 is 1.26 bits per heavy atom. The van der Waals surface area contributed by atoms with Gasteiger partial charge in [0.05, 0.1) is 6.33 Å². The molecule has 7 heteroatoms. The summed E-state index contributed by atoms with van der Waals surface area (Å²) in [6.07, 6.45) is 1.42. The van der Waals surface area contributed by atoms with Crippen LogP contribution in [0.5, 0.6) is 0 Å². The minimum Gasteiger partial charge on any atom is -0.448 e. The van der Waals surface area contributed by atoms with E-state index in [-0.39, 0.29) is 23.6 Å². The summed E-state index contributed by atoms with van der Waals surface area (Å²) in [5.74, 6) is -0.0779. The Kier molecular flexibility index (Phi) is 3.34. The van der Waals surface area contributed by atoms with Gasteiger partial charge in [-0.25, -0.2) is 4.98 Å². The molecule has 0 atom stereocenters. The number of carbonyl (C=O) groups excluding carboxylic acids is 1. The number of hydrogen-bond acceptors (Lipinski definition) is 5. The van der Waals surface area contributed by atoms with E-state index in [9.17, 15) is 9.59 Å². The Morgan fingerprint density at radius 2 is 2.04 bits per heavy atom. The van der Waals surface area contributed by atoms with E-state index in [4.69, 9.17) is 4.42 Å². The van der Waals surface area contributed by atoms with Crippen LogP contribution in [0.15, 0.2) is 39.8 Å². The van der Waals surface area contributed by atoms with E-state index >= 15 is 0 Å². The topological polar surface area (TPSA) is 80.4 Å². The summed E-state index contributed by atoms with van der Waals surface area (Å²) in [6.45, 7) is 2.86. The van der Waals surface area contributed by atoms with Gasteiger partial charge in [-0.3, -0.25) is 14.2 Å². The molecular weight excluding hydrogens is 296 g/mol. The first-order chi connectivity index (χ1) is 11.2. The highest BCUT2D eigenvalue weighted by molar-refractivity contribution is 6.01. The average Bonchev–Trinajstić information content (AvgIpc) is 2.98. The van der Waals surface area contributed by atoms with Crippen molar-refractivity contribution in [1.29, 1.82) is 0 Å². The van der Waals surface area contributed by atoms with Crippen molar-refractivity contribution in [2.75, 3.05) is 26.2 Å². The third kappa shape index (κ3) is 2.39. The molecule has 1 aliphatic heterocycles. The van der Waals surface area contributed by atoms with Crippen molar-refractivity contribution in [2.45, 2.75) is 6.54 Å².